The molecular weight excluding hydrogens is 1330 g/mol. The molecule has 34 heteroatoms. The summed E-state index contributed by atoms with van der Waals surface area (Å²) in [5, 5.41) is 43.6. The van der Waals surface area contributed by atoms with E-state index < -0.39 is 0 Å². The lowest BCUT2D eigenvalue weighted by Gasteiger charge is -2.24. The van der Waals surface area contributed by atoms with E-state index in [-0.39, 0.29) is 30.8 Å². The fourth-order valence-electron chi connectivity index (χ4n) is 8.03. The molecule has 2 aliphatic rings. The van der Waals surface area contributed by atoms with Crippen molar-refractivity contribution in [3.05, 3.63) is 0 Å². The Hall–Kier alpha value is -1.36. The highest BCUT2D eigenvalue weighted by Crippen LogP contribution is 2.15. The average Bonchev–Trinajstić information content (AvgIpc) is 0.981. The molecule has 2 aliphatic carbocycles. The molecule has 34 nitrogen and oxygen atoms in total. The van der Waals surface area contributed by atoms with Crippen molar-refractivity contribution in [2.45, 2.75) is 178 Å². The van der Waals surface area contributed by atoms with E-state index in [1.54, 1.807) is 0 Å². The fourth-order valence-corrected chi connectivity index (χ4v) is 8.03. The largest absolute Gasteiger partial charge is 0.396 e. The van der Waals surface area contributed by atoms with Crippen LogP contribution in [0.2, 0.25) is 0 Å². The first-order valence-corrected chi connectivity index (χ1v) is 39.9. The van der Waals surface area contributed by atoms with E-state index >= 15 is 0 Å². The molecule has 0 spiro atoms. The molecule has 2 saturated carbocycles. The van der Waals surface area contributed by atoms with Gasteiger partial charge in [-0.1, -0.05) is 38.5 Å². The summed E-state index contributed by atoms with van der Waals surface area (Å²) in [4.78, 5) is 4.28. The SMILES string of the molecule is CN(CCN)CCN.CNCCCN.CNCCCNC.NCCCCCN.NCCCCCNCCN.NCCCCCO.NCCCN.NCCCNCCN.NCCN(CCN)CCN.NCCOCCOCCN.N[C@@H]1CCCC[C@@H]1N.N[C@@H]1CCCC[C@H]1N.OCCCCCNCCO. The maximum absolute atomic E-state index is 8.41. The second-order valence-electron chi connectivity index (χ2n) is 24.4. The minimum absolute atomic E-state index is 0.208. The third-order valence-electron chi connectivity index (χ3n) is 14.2. The average molecular weight is 1520 g/mol. The number of hydrogen-bond donors (Lipinski definition) is 30. The summed E-state index contributed by atoms with van der Waals surface area (Å²) in [6, 6.07) is 1.12. The zero-order valence-electron chi connectivity index (χ0n) is 68.3. The van der Waals surface area contributed by atoms with Gasteiger partial charge in [0.1, 0.15) is 0 Å². The molecule has 0 unspecified atom stereocenters. The Morgan fingerprint density at radius 3 is 0.798 bits per heavy atom. The highest BCUT2D eigenvalue weighted by atomic mass is 16.5. The molecule has 4 atom stereocenters. The Morgan fingerprint density at radius 2 is 0.548 bits per heavy atom. The third-order valence-corrected chi connectivity index (χ3v) is 14.2. The second-order valence-corrected chi connectivity index (χ2v) is 24.4. The first-order valence-electron chi connectivity index (χ1n) is 39.9. The molecule has 0 radical (unpaired) electrons. The van der Waals surface area contributed by atoms with Crippen molar-refractivity contribution in [1.29, 1.82) is 0 Å². The zero-order chi connectivity index (χ0) is 81.0. The normalized spacial score (nSPS) is 14.5. The van der Waals surface area contributed by atoms with Crippen molar-refractivity contribution in [2.75, 3.05) is 277 Å². The van der Waals surface area contributed by atoms with Crippen LogP contribution in [0.15, 0.2) is 0 Å². The summed E-state index contributed by atoms with van der Waals surface area (Å²) in [5.41, 5.74) is 112. The van der Waals surface area contributed by atoms with Crippen molar-refractivity contribution in [3.8, 4) is 0 Å². The molecule has 0 aromatic rings. The number of nitrogens with zero attached hydrogens (tertiary/aromatic N) is 2. The number of likely N-dealkylation sites (N-methyl/N-ethyl adjacent to an activating group) is 1. The Labute approximate surface area is 640 Å². The van der Waals surface area contributed by atoms with Crippen molar-refractivity contribution < 1.29 is 24.8 Å². The fraction of sp³-hybridized carbons (Fsp3) is 1.00. The molecule has 0 heterocycles. The number of nitrogens with one attached hydrogen (secondary N) is 6. The van der Waals surface area contributed by atoms with Gasteiger partial charge < -0.3 is 182 Å². The smallest absolute Gasteiger partial charge is 0.0701 e. The van der Waals surface area contributed by atoms with Crippen LogP contribution in [-0.4, -0.2) is 327 Å². The molecule has 0 saturated heterocycles. The predicted molar refractivity (Wildman–Crippen MR) is 454 cm³/mol. The topological polar surface area (TPSA) is 704 Å². The number of rotatable bonds is 53. The zero-order valence-corrected chi connectivity index (χ0v) is 68.3. The lowest BCUT2D eigenvalue weighted by molar-refractivity contribution is 0.0538. The highest BCUT2D eigenvalue weighted by Gasteiger charge is 2.17. The summed E-state index contributed by atoms with van der Waals surface area (Å²) in [7, 11) is 7.88. The van der Waals surface area contributed by atoms with E-state index in [1.165, 1.54) is 51.4 Å². The van der Waals surface area contributed by atoms with Crippen molar-refractivity contribution in [2.24, 2.45) is 120 Å². The number of ether oxygens (including phenoxy) is 2. The summed E-state index contributed by atoms with van der Waals surface area (Å²) >= 11 is 0. The van der Waals surface area contributed by atoms with Crippen LogP contribution >= 0.6 is 0 Å². The standard InChI is InChI=1S/C7H19N3.C7H17NO2.C6H18N4.C6H16N2O2.2C6H14N2.2C5H15N3.2C5H14N2.C5H13NO.C4H12N2.C3H10N2/c8-4-2-1-3-6-10-7-5-9;9-6-3-1-2-4-8-5-7-10;7-1-4-10(5-2-8)6-3-9;7-1-3-9-5-6-10-4-2-8;2*7-5-3-1-2-4-6(5)8;1-8(4-2-6)5-3-7;6-2-1-4-8-5-3-7;1-6-4-3-5-7-2;2*6-4-2-1-3-5-7;1-6-4-2-3-5;4-2-1-3-5/h10H,1-9H2;8-10H,1-7H2;1-9H2;1-8H2;2*5-6H,1-4,7-8H2;2-7H2,1H3;8H,1-7H2;6-7H,3-5H2,1-2H3;1-7H2;7H,1-6H2;6H,2-5H2,1H3;1-5H2/t;;;;5-,6+;5-,6-;;;;;;;/m.....1......./s1. The van der Waals surface area contributed by atoms with Gasteiger partial charge in [0.15, 0.2) is 0 Å². The van der Waals surface area contributed by atoms with Crippen LogP contribution in [-0.2, 0) is 9.47 Å². The van der Waals surface area contributed by atoms with Crippen LogP contribution in [0.5, 0.6) is 0 Å². The number of aliphatic hydroxyl groups is 3. The van der Waals surface area contributed by atoms with E-state index in [2.05, 4.69) is 41.7 Å². The van der Waals surface area contributed by atoms with Crippen LogP contribution < -0.4 is 152 Å². The molecule has 0 bridgehead atoms. The van der Waals surface area contributed by atoms with Gasteiger partial charge in [-0.2, -0.15) is 0 Å². The van der Waals surface area contributed by atoms with Gasteiger partial charge in [-0.15, -0.1) is 0 Å². The monoisotopic (exact) mass is 1520 g/mol. The van der Waals surface area contributed by atoms with E-state index in [9.17, 15) is 0 Å². The van der Waals surface area contributed by atoms with Crippen LogP contribution in [0, 0.1) is 0 Å². The van der Waals surface area contributed by atoms with Crippen molar-refractivity contribution in [1.82, 2.24) is 41.7 Å². The predicted octanol–water partition coefficient (Wildman–Crippen LogP) is -6.51. The van der Waals surface area contributed by atoms with Gasteiger partial charge in [0, 0.05) is 149 Å². The number of hydrogen-bond acceptors (Lipinski definition) is 34. The van der Waals surface area contributed by atoms with Gasteiger partial charge in [-0.3, -0.25) is 4.90 Å². The Kier molecular flexibility index (Phi) is 166. The maximum Gasteiger partial charge on any atom is 0.0701 e. The van der Waals surface area contributed by atoms with Crippen LogP contribution in [0.25, 0.3) is 0 Å². The molecule has 0 aromatic heterocycles. The van der Waals surface area contributed by atoms with E-state index in [4.69, 9.17) is 145 Å². The van der Waals surface area contributed by atoms with Crippen molar-refractivity contribution in [3.63, 3.8) is 0 Å². The van der Waals surface area contributed by atoms with Gasteiger partial charge in [0.25, 0.3) is 0 Å². The van der Waals surface area contributed by atoms with Gasteiger partial charge in [-0.05, 0) is 235 Å². The van der Waals surface area contributed by atoms with Crippen LogP contribution in [0.3, 0.4) is 0 Å². The maximum atomic E-state index is 8.41. The summed E-state index contributed by atoms with van der Waals surface area (Å²) in [6.07, 6.45) is 26.9. The molecule has 104 heavy (non-hydrogen) atoms. The second kappa shape index (κ2) is 137. The quantitative estimate of drug-likeness (QED) is 0.0252. The van der Waals surface area contributed by atoms with Gasteiger partial charge in [-0.25, -0.2) is 0 Å². The molecule has 51 N–H and O–H groups in total. The molecule has 0 aliphatic heterocycles. The first-order chi connectivity index (χ1) is 50.5. The molecule has 646 valence electrons. The summed E-state index contributed by atoms with van der Waals surface area (Å²) in [6.45, 7) is 28.8. The van der Waals surface area contributed by atoms with Crippen molar-refractivity contribution >= 4 is 0 Å². The summed E-state index contributed by atoms with van der Waals surface area (Å²) in [5.74, 6) is 0. The lowest BCUT2D eigenvalue weighted by atomic mass is 9.92. The minimum atomic E-state index is 0.208. The molecule has 0 amide bonds. The Balaban J connectivity index is -0.000000100. The van der Waals surface area contributed by atoms with Crippen LogP contribution in [0.1, 0.15) is 154 Å². The number of unbranched alkanes of at least 4 members (excludes halogenated alkanes) is 8. The Morgan fingerprint density at radius 1 is 0.269 bits per heavy atom. The van der Waals surface area contributed by atoms with E-state index in [0.717, 1.165) is 260 Å². The third kappa shape index (κ3) is 162. The number of aliphatic hydroxyl groups excluding tert-OH is 3. The summed E-state index contributed by atoms with van der Waals surface area (Å²) < 4.78 is 10.1. The van der Waals surface area contributed by atoms with E-state index in [1.807, 2.05) is 28.2 Å². The lowest BCUT2D eigenvalue weighted by Crippen LogP contribution is -2.43. The molecular formula is C70H191N29O5. The molecule has 2 rings (SSSR count). The van der Waals surface area contributed by atoms with Gasteiger partial charge >= 0.3 is 0 Å². The number of nitrogens with two attached hydrogens (primary N) is 21. The van der Waals surface area contributed by atoms with Crippen LogP contribution in [0.4, 0.5) is 0 Å². The Bertz CT molecular complexity index is 1080. The van der Waals surface area contributed by atoms with Gasteiger partial charge in [0.2, 0.25) is 0 Å². The van der Waals surface area contributed by atoms with E-state index in [0.29, 0.717) is 85.5 Å². The van der Waals surface area contributed by atoms with Gasteiger partial charge in [0.05, 0.1) is 33.0 Å². The minimum Gasteiger partial charge on any atom is -0.396 e. The first kappa shape index (κ1) is 126. The highest BCUT2D eigenvalue weighted by molar-refractivity contribution is 4.80. The molecule has 2 fully saturated rings. The molecule has 0 aromatic carbocycles.